The number of methoxy groups -OCH3 is 2. The lowest BCUT2D eigenvalue weighted by Gasteiger charge is -2.48. The number of Topliss-reactive ketones (excluding diaryl/α,β-unsaturated/α-hetero) is 1. The number of fused-ring (bicyclic) bond motifs is 3. The van der Waals surface area contributed by atoms with Gasteiger partial charge in [0.25, 0.3) is 0 Å². The van der Waals surface area contributed by atoms with E-state index in [4.69, 9.17) is 9.47 Å². The standard InChI is InChI=1S/C18H24O3/c1-4-18-11-14(19)9-8-13(18)7-5-12-6-10-15(20-2)17(21-3)16(12)18/h6,10,13H,4-5,7-9,11H2,1-3H3/t13-,18-/m0/s1. The highest BCUT2D eigenvalue weighted by Crippen LogP contribution is 2.55. The third kappa shape index (κ3) is 2.05. The van der Waals surface area contributed by atoms with Crippen LogP contribution in [0.5, 0.6) is 11.5 Å². The molecule has 3 nitrogen and oxygen atoms in total. The molecule has 0 heterocycles. The van der Waals surface area contributed by atoms with Gasteiger partial charge in [0.15, 0.2) is 11.5 Å². The summed E-state index contributed by atoms with van der Waals surface area (Å²) >= 11 is 0. The first-order valence-corrected chi connectivity index (χ1v) is 7.92. The van der Waals surface area contributed by atoms with Crippen molar-refractivity contribution in [3.8, 4) is 11.5 Å². The summed E-state index contributed by atoms with van der Waals surface area (Å²) in [6.07, 6.45) is 5.67. The van der Waals surface area contributed by atoms with Crippen LogP contribution in [-0.4, -0.2) is 20.0 Å². The van der Waals surface area contributed by atoms with Crippen molar-refractivity contribution >= 4 is 5.78 Å². The predicted molar refractivity (Wildman–Crippen MR) is 82.2 cm³/mol. The van der Waals surface area contributed by atoms with Crippen LogP contribution in [0.1, 0.15) is 50.2 Å². The smallest absolute Gasteiger partial charge is 0.164 e. The molecule has 0 radical (unpaired) electrons. The molecule has 2 aliphatic rings. The Kier molecular flexibility index (Phi) is 3.68. The maximum Gasteiger partial charge on any atom is 0.164 e. The number of hydrogen-bond donors (Lipinski definition) is 0. The van der Waals surface area contributed by atoms with E-state index in [-0.39, 0.29) is 5.41 Å². The lowest BCUT2D eigenvalue weighted by atomic mass is 9.55. The Morgan fingerprint density at radius 2 is 1.95 bits per heavy atom. The van der Waals surface area contributed by atoms with Gasteiger partial charge in [-0.05, 0) is 43.2 Å². The SMILES string of the molecule is CC[C@]12CC(=O)CC[C@@H]1CCc1ccc(OC)c(OC)c12. The van der Waals surface area contributed by atoms with Crippen molar-refractivity contribution in [2.24, 2.45) is 5.92 Å². The number of rotatable bonds is 3. The second-order valence-corrected chi connectivity index (χ2v) is 6.33. The summed E-state index contributed by atoms with van der Waals surface area (Å²) in [5, 5.41) is 0. The second kappa shape index (κ2) is 5.36. The lowest BCUT2D eigenvalue weighted by Crippen LogP contribution is -2.44. The molecule has 21 heavy (non-hydrogen) atoms. The summed E-state index contributed by atoms with van der Waals surface area (Å²) in [6.45, 7) is 2.21. The molecular formula is C18H24O3. The van der Waals surface area contributed by atoms with E-state index in [0.717, 1.165) is 37.2 Å². The van der Waals surface area contributed by atoms with E-state index in [0.29, 0.717) is 18.1 Å². The van der Waals surface area contributed by atoms with E-state index in [1.165, 1.54) is 17.5 Å². The molecule has 0 bridgehead atoms. The van der Waals surface area contributed by atoms with E-state index < -0.39 is 0 Å². The minimum absolute atomic E-state index is 0.0528. The van der Waals surface area contributed by atoms with Crippen LogP contribution in [-0.2, 0) is 16.6 Å². The van der Waals surface area contributed by atoms with Crippen LogP contribution in [0.3, 0.4) is 0 Å². The van der Waals surface area contributed by atoms with Gasteiger partial charge in [-0.2, -0.15) is 0 Å². The Hall–Kier alpha value is -1.51. The maximum absolute atomic E-state index is 12.2. The summed E-state index contributed by atoms with van der Waals surface area (Å²) in [6, 6.07) is 4.15. The van der Waals surface area contributed by atoms with Crippen LogP contribution in [0.15, 0.2) is 12.1 Å². The lowest BCUT2D eigenvalue weighted by molar-refractivity contribution is -0.124. The van der Waals surface area contributed by atoms with Gasteiger partial charge in [-0.3, -0.25) is 4.79 Å². The molecule has 114 valence electrons. The molecule has 0 saturated heterocycles. The van der Waals surface area contributed by atoms with E-state index >= 15 is 0 Å². The fourth-order valence-electron chi connectivity index (χ4n) is 4.55. The zero-order chi connectivity index (χ0) is 15.0. The molecule has 2 atom stereocenters. The van der Waals surface area contributed by atoms with Crippen molar-refractivity contribution in [3.63, 3.8) is 0 Å². The minimum Gasteiger partial charge on any atom is -0.493 e. The van der Waals surface area contributed by atoms with Crippen LogP contribution in [0, 0.1) is 5.92 Å². The Morgan fingerprint density at radius 3 is 2.62 bits per heavy atom. The topological polar surface area (TPSA) is 35.5 Å². The molecular weight excluding hydrogens is 264 g/mol. The van der Waals surface area contributed by atoms with Gasteiger partial charge in [-0.25, -0.2) is 0 Å². The largest absolute Gasteiger partial charge is 0.493 e. The predicted octanol–water partition coefficient (Wildman–Crippen LogP) is 3.67. The molecule has 0 unspecified atom stereocenters. The van der Waals surface area contributed by atoms with Crippen LogP contribution in [0.4, 0.5) is 0 Å². The summed E-state index contributed by atoms with van der Waals surface area (Å²) < 4.78 is 11.2. The Labute approximate surface area is 126 Å². The molecule has 0 spiro atoms. The second-order valence-electron chi connectivity index (χ2n) is 6.33. The maximum atomic E-state index is 12.2. The first kappa shape index (κ1) is 14.4. The van der Waals surface area contributed by atoms with Gasteiger partial charge in [0.05, 0.1) is 14.2 Å². The summed E-state index contributed by atoms with van der Waals surface area (Å²) in [5.74, 6) is 2.61. The highest BCUT2D eigenvalue weighted by Gasteiger charge is 2.48. The van der Waals surface area contributed by atoms with Crippen LogP contribution >= 0.6 is 0 Å². The van der Waals surface area contributed by atoms with Crippen LogP contribution < -0.4 is 9.47 Å². The zero-order valence-corrected chi connectivity index (χ0v) is 13.2. The quantitative estimate of drug-likeness (QED) is 0.851. The highest BCUT2D eigenvalue weighted by atomic mass is 16.5. The van der Waals surface area contributed by atoms with Crippen molar-refractivity contribution < 1.29 is 14.3 Å². The van der Waals surface area contributed by atoms with E-state index in [1.54, 1.807) is 14.2 Å². The normalized spacial score (nSPS) is 27.8. The molecule has 2 aliphatic carbocycles. The molecule has 0 amide bonds. The third-order valence-corrected chi connectivity index (χ3v) is 5.59. The van der Waals surface area contributed by atoms with Gasteiger partial charge in [0.1, 0.15) is 5.78 Å². The van der Waals surface area contributed by atoms with Gasteiger partial charge in [0.2, 0.25) is 0 Å². The molecule has 1 aromatic rings. The first-order chi connectivity index (χ1) is 10.2. The molecule has 0 N–H and O–H groups in total. The van der Waals surface area contributed by atoms with E-state index in [2.05, 4.69) is 13.0 Å². The number of aryl methyl sites for hydroxylation is 1. The fraction of sp³-hybridized carbons (Fsp3) is 0.611. The van der Waals surface area contributed by atoms with Crippen LogP contribution in [0.2, 0.25) is 0 Å². The molecule has 1 fully saturated rings. The zero-order valence-electron chi connectivity index (χ0n) is 13.2. The van der Waals surface area contributed by atoms with Crippen LogP contribution in [0.25, 0.3) is 0 Å². The summed E-state index contributed by atoms with van der Waals surface area (Å²) in [5.41, 5.74) is 2.53. The Morgan fingerprint density at radius 1 is 1.19 bits per heavy atom. The van der Waals surface area contributed by atoms with E-state index in [1.807, 2.05) is 6.07 Å². The number of hydrogen-bond acceptors (Lipinski definition) is 3. The van der Waals surface area contributed by atoms with Crippen molar-refractivity contribution in [3.05, 3.63) is 23.3 Å². The molecule has 0 aromatic heterocycles. The number of carbonyl (C=O) groups excluding carboxylic acids is 1. The Balaban J connectivity index is 2.23. The van der Waals surface area contributed by atoms with Gasteiger partial charge in [-0.1, -0.05) is 13.0 Å². The van der Waals surface area contributed by atoms with Gasteiger partial charge in [0, 0.05) is 23.8 Å². The fourth-order valence-corrected chi connectivity index (χ4v) is 4.55. The highest BCUT2D eigenvalue weighted by molar-refractivity contribution is 5.82. The van der Waals surface area contributed by atoms with Crippen molar-refractivity contribution in [2.45, 2.75) is 50.9 Å². The molecule has 3 rings (SSSR count). The molecule has 3 heteroatoms. The molecule has 1 aromatic carbocycles. The van der Waals surface area contributed by atoms with Crippen molar-refractivity contribution in [2.75, 3.05) is 14.2 Å². The monoisotopic (exact) mass is 288 g/mol. The first-order valence-electron chi connectivity index (χ1n) is 7.92. The average molecular weight is 288 g/mol. The summed E-state index contributed by atoms with van der Waals surface area (Å²) in [4.78, 5) is 12.2. The summed E-state index contributed by atoms with van der Waals surface area (Å²) in [7, 11) is 3.38. The number of ketones is 1. The average Bonchev–Trinajstić information content (AvgIpc) is 2.52. The number of carbonyl (C=O) groups is 1. The van der Waals surface area contributed by atoms with Gasteiger partial charge in [-0.15, -0.1) is 0 Å². The third-order valence-electron chi connectivity index (χ3n) is 5.59. The minimum atomic E-state index is -0.0528. The molecule has 1 saturated carbocycles. The van der Waals surface area contributed by atoms with Crippen molar-refractivity contribution in [1.29, 1.82) is 0 Å². The molecule has 0 aliphatic heterocycles. The van der Waals surface area contributed by atoms with Gasteiger partial charge >= 0.3 is 0 Å². The Bertz CT molecular complexity index is 564. The number of benzene rings is 1. The van der Waals surface area contributed by atoms with Crippen molar-refractivity contribution in [1.82, 2.24) is 0 Å². The number of ether oxygens (including phenoxy) is 2. The van der Waals surface area contributed by atoms with Gasteiger partial charge < -0.3 is 9.47 Å². The van der Waals surface area contributed by atoms with E-state index in [9.17, 15) is 4.79 Å².